The standard InChI is InChI=1S/C10H11NO3/c11-7-1-3-8(4-2-7)14-9-5-6-13-10(9)12/h1-4,9H,5-6,11H2. The number of anilines is 1. The summed E-state index contributed by atoms with van der Waals surface area (Å²) in [4.78, 5) is 11.1. The Kier molecular flexibility index (Phi) is 2.26. The van der Waals surface area contributed by atoms with E-state index >= 15 is 0 Å². The van der Waals surface area contributed by atoms with Crippen molar-refractivity contribution in [3.8, 4) is 5.75 Å². The molecule has 1 aliphatic heterocycles. The fourth-order valence-electron chi connectivity index (χ4n) is 1.30. The minimum absolute atomic E-state index is 0.290. The second-order valence-corrected chi connectivity index (χ2v) is 3.13. The van der Waals surface area contributed by atoms with Crippen molar-refractivity contribution in [2.75, 3.05) is 12.3 Å². The van der Waals surface area contributed by atoms with Gasteiger partial charge in [0.1, 0.15) is 5.75 Å². The summed E-state index contributed by atoms with van der Waals surface area (Å²) in [6, 6.07) is 6.94. The molecule has 4 nitrogen and oxygen atoms in total. The van der Waals surface area contributed by atoms with Crippen LogP contribution in [0, 0.1) is 0 Å². The first-order valence-electron chi connectivity index (χ1n) is 4.44. The number of carbonyl (C=O) groups is 1. The molecule has 0 saturated carbocycles. The third-order valence-electron chi connectivity index (χ3n) is 2.05. The average molecular weight is 193 g/mol. The van der Waals surface area contributed by atoms with Crippen LogP contribution in [0.15, 0.2) is 24.3 Å². The molecule has 2 rings (SSSR count). The largest absolute Gasteiger partial charge is 0.479 e. The molecule has 1 aromatic carbocycles. The van der Waals surface area contributed by atoms with E-state index in [1.807, 2.05) is 0 Å². The Hall–Kier alpha value is -1.71. The first kappa shape index (κ1) is 8.87. The molecule has 4 heteroatoms. The second kappa shape index (κ2) is 3.57. The van der Waals surface area contributed by atoms with E-state index in [0.29, 0.717) is 24.5 Å². The Balaban J connectivity index is 2.03. The van der Waals surface area contributed by atoms with E-state index in [1.165, 1.54) is 0 Å². The summed E-state index contributed by atoms with van der Waals surface area (Å²) in [7, 11) is 0. The number of ether oxygens (including phenoxy) is 2. The lowest BCUT2D eigenvalue weighted by atomic mass is 10.3. The highest BCUT2D eigenvalue weighted by atomic mass is 16.6. The van der Waals surface area contributed by atoms with Gasteiger partial charge < -0.3 is 15.2 Å². The van der Waals surface area contributed by atoms with Crippen molar-refractivity contribution in [2.24, 2.45) is 0 Å². The number of cyclic esters (lactones) is 1. The van der Waals surface area contributed by atoms with E-state index in [2.05, 4.69) is 0 Å². The topological polar surface area (TPSA) is 61.6 Å². The molecule has 1 aromatic rings. The zero-order valence-corrected chi connectivity index (χ0v) is 7.60. The van der Waals surface area contributed by atoms with E-state index < -0.39 is 6.10 Å². The number of hydrogen-bond donors (Lipinski definition) is 1. The van der Waals surface area contributed by atoms with E-state index in [-0.39, 0.29) is 5.97 Å². The Bertz CT molecular complexity index is 334. The summed E-state index contributed by atoms with van der Waals surface area (Å²) in [6.45, 7) is 0.443. The van der Waals surface area contributed by atoms with Gasteiger partial charge in [-0.15, -0.1) is 0 Å². The molecule has 0 spiro atoms. The predicted octanol–water partition coefficient (Wildman–Crippen LogP) is 0.963. The minimum Gasteiger partial charge on any atom is -0.479 e. The monoisotopic (exact) mass is 193 g/mol. The Morgan fingerprint density at radius 2 is 2.07 bits per heavy atom. The van der Waals surface area contributed by atoms with E-state index in [1.54, 1.807) is 24.3 Å². The van der Waals surface area contributed by atoms with Crippen LogP contribution in [-0.4, -0.2) is 18.7 Å². The zero-order chi connectivity index (χ0) is 9.97. The third-order valence-corrected chi connectivity index (χ3v) is 2.05. The normalized spacial score (nSPS) is 20.6. The van der Waals surface area contributed by atoms with E-state index in [4.69, 9.17) is 15.2 Å². The highest BCUT2D eigenvalue weighted by Crippen LogP contribution is 2.18. The molecule has 74 valence electrons. The highest BCUT2D eigenvalue weighted by Gasteiger charge is 2.28. The van der Waals surface area contributed by atoms with Gasteiger partial charge in [0.25, 0.3) is 0 Å². The lowest BCUT2D eigenvalue weighted by molar-refractivity contribution is -0.143. The molecule has 1 heterocycles. The molecule has 1 aliphatic rings. The van der Waals surface area contributed by atoms with Crippen LogP contribution in [0.2, 0.25) is 0 Å². The zero-order valence-electron chi connectivity index (χ0n) is 7.60. The fraction of sp³-hybridized carbons (Fsp3) is 0.300. The van der Waals surface area contributed by atoms with Gasteiger partial charge >= 0.3 is 5.97 Å². The summed E-state index contributed by atoms with van der Waals surface area (Å²) in [5.74, 6) is 0.352. The quantitative estimate of drug-likeness (QED) is 0.561. The van der Waals surface area contributed by atoms with Crippen LogP contribution in [0.3, 0.4) is 0 Å². The maximum absolute atomic E-state index is 11.1. The number of rotatable bonds is 2. The molecule has 1 unspecified atom stereocenters. The van der Waals surface area contributed by atoms with Crippen LogP contribution in [0.1, 0.15) is 6.42 Å². The number of carbonyl (C=O) groups excluding carboxylic acids is 1. The number of nitrogens with two attached hydrogens (primary N) is 1. The summed E-state index contributed by atoms with van der Waals surface area (Å²) < 4.78 is 10.2. The SMILES string of the molecule is Nc1ccc(OC2CCOC2=O)cc1. The van der Waals surface area contributed by atoms with E-state index in [0.717, 1.165) is 0 Å². The van der Waals surface area contributed by atoms with Crippen LogP contribution in [0.25, 0.3) is 0 Å². The summed E-state index contributed by atoms with van der Waals surface area (Å²) in [5, 5.41) is 0. The van der Waals surface area contributed by atoms with Crippen molar-refractivity contribution in [2.45, 2.75) is 12.5 Å². The van der Waals surface area contributed by atoms with Crippen LogP contribution in [0.4, 0.5) is 5.69 Å². The maximum Gasteiger partial charge on any atom is 0.347 e. The molecule has 0 bridgehead atoms. The van der Waals surface area contributed by atoms with Gasteiger partial charge in [0.2, 0.25) is 0 Å². The third kappa shape index (κ3) is 1.79. The van der Waals surface area contributed by atoms with Crippen LogP contribution in [-0.2, 0) is 9.53 Å². The van der Waals surface area contributed by atoms with Crippen LogP contribution >= 0.6 is 0 Å². The van der Waals surface area contributed by atoms with Gasteiger partial charge in [-0.25, -0.2) is 4.79 Å². The molecule has 0 radical (unpaired) electrons. The minimum atomic E-state index is -0.460. The van der Waals surface area contributed by atoms with Gasteiger partial charge in [-0.1, -0.05) is 0 Å². The van der Waals surface area contributed by atoms with Crippen LogP contribution < -0.4 is 10.5 Å². The molecule has 1 fully saturated rings. The first-order valence-corrected chi connectivity index (χ1v) is 4.44. The number of hydrogen-bond acceptors (Lipinski definition) is 4. The maximum atomic E-state index is 11.1. The molecule has 0 amide bonds. The van der Waals surface area contributed by atoms with Gasteiger partial charge in [-0.2, -0.15) is 0 Å². The van der Waals surface area contributed by atoms with Crippen molar-refractivity contribution in [1.82, 2.24) is 0 Å². The Morgan fingerprint density at radius 3 is 2.64 bits per heavy atom. The average Bonchev–Trinajstić information content (AvgIpc) is 2.56. The predicted molar refractivity (Wildman–Crippen MR) is 50.8 cm³/mol. The highest BCUT2D eigenvalue weighted by molar-refractivity contribution is 5.76. The lowest BCUT2D eigenvalue weighted by Gasteiger charge is -2.09. The molecule has 0 aromatic heterocycles. The lowest BCUT2D eigenvalue weighted by Crippen LogP contribution is -2.21. The Labute approximate surface area is 81.6 Å². The van der Waals surface area contributed by atoms with Gasteiger partial charge in [0, 0.05) is 12.1 Å². The molecule has 2 N–H and O–H groups in total. The number of nitrogen functional groups attached to an aromatic ring is 1. The van der Waals surface area contributed by atoms with Gasteiger partial charge in [0.05, 0.1) is 6.61 Å². The summed E-state index contributed by atoms with van der Waals surface area (Å²) in [6.07, 6.45) is 0.155. The van der Waals surface area contributed by atoms with Gasteiger partial charge in [-0.05, 0) is 24.3 Å². The van der Waals surface area contributed by atoms with Gasteiger partial charge in [0.15, 0.2) is 6.10 Å². The number of esters is 1. The first-order chi connectivity index (χ1) is 6.75. The van der Waals surface area contributed by atoms with Crippen molar-refractivity contribution < 1.29 is 14.3 Å². The number of benzene rings is 1. The smallest absolute Gasteiger partial charge is 0.347 e. The van der Waals surface area contributed by atoms with Crippen molar-refractivity contribution in [3.63, 3.8) is 0 Å². The van der Waals surface area contributed by atoms with E-state index in [9.17, 15) is 4.79 Å². The van der Waals surface area contributed by atoms with Crippen molar-refractivity contribution in [3.05, 3.63) is 24.3 Å². The summed E-state index contributed by atoms with van der Waals surface area (Å²) >= 11 is 0. The Morgan fingerprint density at radius 1 is 1.36 bits per heavy atom. The molecule has 0 aliphatic carbocycles. The van der Waals surface area contributed by atoms with Gasteiger partial charge in [-0.3, -0.25) is 0 Å². The van der Waals surface area contributed by atoms with Crippen molar-refractivity contribution >= 4 is 11.7 Å². The summed E-state index contributed by atoms with van der Waals surface area (Å²) in [5.41, 5.74) is 6.19. The molecular formula is C10H11NO3. The molecule has 1 atom stereocenters. The molecular weight excluding hydrogens is 182 g/mol. The van der Waals surface area contributed by atoms with Crippen LogP contribution in [0.5, 0.6) is 5.75 Å². The van der Waals surface area contributed by atoms with Crippen molar-refractivity contribution in [1.29, 1.82) is 0 Å². The second-order valence-electron chi connectivity index (χ2n) is 3.13. The fourth-order valence-corrected chi connectivity index (χ4v) is 1.30. The molecule has 14 heavy (non-hydrogen) atoms. The molecule has 1 saturated heterocycles.